The lowest BCUT2D eigenvalue weighted by molar-refractivity contribution is -0.385. The maximum absolute atomic E-state index is 10.6. The quantitative estimate of drug-likeness (QED) is 0.167. The van der Waals surface area contributed by atoms with Crippen LogP contribution in [0.4, 0.5) is 5.69 Å². The average molecular weight is 246 g/mol. The molecule has 0 spiro atoms. The van der Waals surface area contributed by atoms with Gasteiger partial charge in [0.1, 0.15) is 0 Å². The van der Waals surface area contributed by atoms with Crippen LogP contribution in [0, 0.1) is 22.0 Å². The second kappa shape index (κ2) is 6.91. The normalized spacial score (nSPS) is 8.94. The molecule has 0 unspecified atom stereocenters. The van der Waals surface area contributed by atoms with E-state index < -0.39 is 11.5 Å². The minimum absolute atomic E-state index is 0.128. The van der Waals surface area contributed by atoms with E-state index in [4.69, 9.17) is 10.6 Å². The van der Waals surface area contributed by atoms with Gasteiger partial charge in [-0.2, -0.15) is 0 Å². The summed E-state index contributed by atoms with van der Waals surface area (Å²) < 4.78 is 0. The van der Waals surface area contributed by atoms with Gasteiger partial charge in [-0.05, 0) is 17.7 Å². The molecule has 0 heterocycles. The maximum Gasteiger partial charge on any atom is 0.274 e. The van der Waals surface area contributed by atoms with Gasteiger partial charge < -0.3 is 5.11 Å². The smallest absolute Gasteiger partial charge is 0.274 e. The molecule has 1 aromatic carbocycles. The Morgan fingerprint density at radius 1 is 1.56 bits per heavy atom. The van der Waals surface area contributed by atoms with Gasteiger partial charge >= 0.3 is 0 Å². The summed E-state index contributed by atoms with van der Waals surface area (Å²) in [7, 11) is 0. The van der Waals surface area contributed by atoms with Crippen LogP contribution in [0.15, 0.2) is 23.3 Å². The molecule has 0 aliphatic heterocycles. The molecule has 0 aliphatic rings. The Bertz CT molecular complexity index is 553. The van der Waals surface area contributed by atoms with Gasteiger partial charge in [-0.3, -0.25) is 10.1 Å². The molecule has 92 valence electrons. The Hall–Kier alpha value is -2.55. The van der Waals surface area contributed by atoms with Crippen molar-refractivity contribution in [3.63, 3.8) is 0 Å². The van der Waals surface area contributed by atoms with Crippen LogP contribution in [-0.4, -0.2) is 16.6 Å². The Morgan fingerprint density at radius 3 is 2.94 bits per heavy atom. The predicted octanol–water partition coefficient (Wildman–Crippen LogP) is 2.14. The summed E-state index contributed by atoms with van der Waals surface area (Å²) in [6.07, 6.45) is 0.412. The molecular formula is C11H10N4O3. The molecule has 1 aromatic rings. The third kappa shape index (κ3) is 3.79. The number of hydrogen-bond acceptors (Lipinski definition) is 4. The molecule has 0 aromatic heterocycles. The minimum Gasteiger partial charge on any atom is -0.391 e. The molecular weight excluding hydrogens is 236 g/mol. The number of rotatable bonds is 4. The number of aliphatic hydroxyl groups is 1. The molecule has 0 radical (unpaired) electrons. The first kappa shape index (κ1) is 13.5. The highest BCUT2D eigenvalue weighted by Crippen LogP contribution is 2.19. The van der Waals surface area contributed by atoms with E-state index in [2.05, 4.69) is 21.9 Å². The Kier molecular flexibility index (Phi) is 5.19. The van der Waals surface area contributed by atoms with E-state index in [9.17, 15) is 10.1 Å². The van der Waals surface area contributed by atoms with Gasteiger partial charge in [-0.15, -0.1) is 0 Å². The summed E-state index contributed by atoms with van der Waals surface area (Å²) in [6.45, 7) is -0.131. The maximum atomic E-state index is 10.6. The first-order valence-electron chi connectivity index (χ1n) is 5.07. The van der Waals surface area contributed by atoms with Crippen LogP contribution < -0.4 is 0 Å². The molecule has 0 saturated carbocycles. The zero-order valence-corrected chi connectivity index (χ0v) is 9.41. The first-order chi connectivity index (χ1) is 8.69. The van der Waals surface area contributed by atoms with Gasteiger partial charge in [-0.1, -0.05) is 17.0 Å². The Morgan fingerprint density at radius 2 is 2.33 bits per heavy atom. The molecule has 7 nitrogen and oxygen atoms in total. The summed E-state index contributed by atoms with van der Waals surface area (Å²) in [5, 5.41) is 23.0. The molecule has 0 bridgehead atoms. The van der Waals surface area contributed by atoms with Crippen molar-refractivity contribution in [2.24, 2.45) is 5.11 Å². The number of nitro benzene ring substituents is 1. The largest absolute Gasteiger partial charge is 0.391 e. The number of benzene rings is 1. The van der Waals surface area contributed by atoms with E-state index in [-0.39, 0.29) is 17.8 Å². The Balaban J connectivity index is 2.85. The van der Waals surface area contributed by atoms with Crippen LogP contribution in [0.2, 0.25) is 0 Å². The fourth-order valence-corrected chi connectivity index (χ4v) is 1.28. The summed E-state index contributed by atoms with van der Waals surface area (Å²) in [5.41, 5.74) is 8.72. The van der Waals surface area contributed by atoms with Crippen LogP contribution in [0.5, 0.6) is 0 Å². The highest BCUT2D eigenvalue weighted by Gasteiger charge is 2.12. The number of aliphatic hydroxyl groups excluding tert-OH is 1. The summed E-state index contributed by atoms with van der Waals surface area (Å²) in [4.78, 5) is 12.7. The SMILES string of the molecule is [N-]=[N+]=NCCC#Cc1ccc([N+](=O)[O-])c(CO)c1. The van der Waals surface area contributed by atoms with Gasteiger partial charge in [0.15, 0.2) is 0 Å². The van der Waals surface area contributed by atoms with Crippen molar-refractivity contribution in [1.29, 1.82) is 0 Å². The third-order valence-electron chi connectivity index (χ3n) is 2.08. The molecule has 0 saturated heterocycles. The fourth-order valence-electron chi connectivity index (χ4n) is 1.28. The van der Waals surface area contributed by atoms with Gasteiger partial charge in [0.25, 0.3) is 5.69 Å². The second-order valence-corrected chi connectivity index (χ2v) is 3.26. The van der Waals surface area contributed by atoms with Crippen LogP contribution in [0.3, 0.4) is 0 Å². The van der Waals surface area contributed by atoms with E-state index in [1.165, 1.54) is 18.2 Å². The van der Waals surface area contributed by atoms with Crippen molar-refractivity contribution in [3.8, 4) is 11.8 Å². The van der Waals surface area contributed by atoms with Gasteiger partial charge in [0.2, 0.25) is 0 Å². The average Bonchev–Trinajstić information content (AvgIpc) is 2.38. The molecule has 0 fully saturated rings. The molecule has 0 aliphatic carbocycles. The van der Waals surface area contributed by atoms with Crippen molar-refractivity contribution < 1.29 is 10.0 Å². The summed E-state index contributed by atoms with van der Waals surface area (Å²) >= 11 is 0. The summed E-state index contributed by atoms with van der Waals surface area (Å²) in [5.74, 6) is 5.55. The van der Waals surface area contributed by atoms with Crippen LogP contribution >= 0.6 is 0 Å². The van der Waals surface area contributed by atoms with Crippen LogP contribution in [0.25, 0.3) is 10.4 Å². The second-order valence-electron chi connectivity index (χ2n) is 3.26. The third-order valence-corrected chi connectivity index (χ3v) is 2.08. The van der Waals surface area contributed by atoms with E-state index >= 15 is 0 Å². The lowest BCUT2D eigenvalue weighted by Crippen LogP contribution is -1.95. The van der Waals surface area contributed by atoms with Gasteiger partial charge in [0.05, 0.1) is 17.1 Å². The summed E-state index contributed by atoms with van der Waals surface area (Å²) in [6, 6.07) is 4.29. The number of nitro groups is 1. The van der Waals surface area contributed by atoms with Crippen molar-refractivity contribution in [1.82, 2.24) is 0 Å². The Labute approximate surface area is 103 Å². The van der Waals surface area contributed by atoms with Gasteiger partial charge in [0, 0.05) is 29.5 Å². The standard InChI is InChI=1S/C11H10N4O3/c12-14-13-6-2-1-3-9-4-5-11(15(17)18)10(7-9)8-16/h4-5,7,16H,2,6,8H2. The van der Waals surface area contributed by atoms with Gasteiger partial charge in [-0.25, -0.2) is 0 Å². The van der Waals surface area contributed by atoms with Crippen molar-refractivity contribution in [2.45, 2.75) is 13.0 Å². The zero-order chi connectivity index (χ0) is 13.4. The highest BCUT2D eigenvalue weighted by atomic mass is 16.6. The van der Waals surface area contributed by atoms with E-state index in [1.54, 1.807) is 0 Å². The van der Waals surface area contributed by atoms with E-state index in [1.807, 2.05) is 0 Å². The predicted molar refractivity (Wildman–Crippen MR) is 64.5 cm³/mol. The zero-order valence-electron chi connectivity index (χ0n) is 9.41. The minimum atomic E-state index is -0.551. The van der Waals surface area contributed by atoms with E-state index in [0.29, 0.717) is 12.0 Å². The van der Waals surface area contributed by atoms with Crippen molar-refractivity contribution >= 4 is 5.69 Å². The van der Waals surface area contributed by atoms with Crippen molar-refractivity contribution in [2.75, 3.05) is 6.54 Å². The molecule has 0 atom stereocenters. The molecule has 18 heavy (non-hydrogen) atoms. The molecule has 0 amide bonds. The van der Waals surface area contributed by atoms with Crippen LogP contribution in [0.1, 0.15) is 17.5 Å². The number of nitrogens with zero attached hydrogens (tertiary/aromatic N) is 4. The first-order valence-corrected chi connectivity index (χ1v) is 5.07. The monoisotopic (exact) mass is 246 g/mol. The lowest BCUT2D eigenvalue weighted by Gasteiger charge is -1.99. The fraction of sp³-hybridized carbons (Fsp3) is 0.273. The van der Waals surface area contributed by atoms with Crippen LogP contribution in [-0.2, 0) is 6.61 Å². The lowest BCUT2D eigenvalue weighted by atomic mass is 10.1. The van der Waals surface area contributed by atoms with Crippen molar-refractivity contribution in [3.05, 3.63) is 49.9 Å². The highest BCUT2D eigenvalue weighted by molar-refractivity contribution is 5.47. The number of azide groups is 1. The number of hydrogen-bond donors (Lipinski definition) is 1. The molecule has 1 rings (SSSR count). The molecule has 7 heteroatoms. The topological polar surface area (TPSA) is 112 Å². The van der Waals surface area contributed by atoms with E-state index in [0.717, 1.165) is 0 Å². The molecule has 1 N–H and O–H groups in total.